The molecule has 110 valence electrons. The first kappa shape index (κ1) is 14.8. The number of hydrogen-bond donors (Lipinski definition) is 3. The van der Waals surface area contributed by atoms with Crippen molar-refractivity contribution in [1.82, 2.24) is 10.3 Å². The van der Waals surface area contributed by atoms with Crippen molar-refractivity contribution in [2.45, 2.75) is 25.8 Å². The maximum Gasteiger partial charge on any atom is 0.326 e. The number of nitrogens with one attached hydrogen (secondary N) is 2. The van der Waals surface area contributed by atoms with Gasteiger partial charge in [-0.15, -0.1) is 0 Å². The van der Waals surface area contributed by atoms with Crippen LogP contribution in [0.5, 0.6) is 0 Å². The molecule has 2 aromatic rings. The topological polar surface area (TPSA) is 91.3 Å². The van der Waals surface area contributed by atoms with E-state index in [1.165, 1.54) is 6.20 Å². The Morgan fingerprint density at radius 2 is 2.10 bits per heavy atom. The lowest BCUT2D eigenvalue weighted by Gasteiger charge is -2.14. The second-order valence-corrected chi connectivity index (χ2v) is 4.69. The van der Waals surface area contributed by atoms with Gasteiger partial charge in [0, 0.05) is 5.39 Å². The molecule has 0 unspecified atom stereocenters. The highest BCUT2D eigenvalue weighted by Crippen LogP contribution is 2.15. The minimum Gasteiger partial charge on any atom is -0.480 e. The van der Waals surface area contributed by atoms with Crippen LogP contribution in [0.2, 0.25) is 0 Å². The number of anilines is 1. The van der Waals surface area contributed by atoms with Gasteiger partial charge in [0.25, 0.3) is 0 Å². The molecule has 1 aromatic carbocycles. The molecule has 3 N–H and O–H groups in total. The summed E-state index contributed by atoms with van der Waals surface area (Å²) in [6, 6.07) is 7.89. The Morgan fingerprint density at radius 3 is 2.81 bits per heavy atom. The van der Waals surface area contributed by atoms with Gasteiger partial charge in [-0.3, -0.25) is 4.98 Å². The summed E-state index contributed by atoms with van der Waals surface area (Å²) in [5, 5.41) is 14.9. The van der Waals surface area contributed by atoms with Gasteiger partial charge in [0.1, 0.15) is 6.04 Å². The molecule has 0 aliphatic rings. The molecule has 1 atom stereocenters. The highest BCUT2D eigenvalue weighted by molar-refractivity contribution is 5.94. The third-order valence-corrected chi connectivity index (χ3v) is 3.03. The fraction of sp³-hybridized carbons (Fsp3) is 0.267. The predicted octanol–water partition coefficient (Wildman–Crippen LogP) is 2.61. The number of hydrogen-bond acceptors (Lipinski definition) is 3. The van der Waals surface area contributed by atoms with Crippen LogP contribution in [-0.4, -0.2) is 28.1 Å². The third kappa shape index (κ3) is 3.92. The largest absolute Gasteiger partial charge is 0.480 e. The molecular formula is C15H17N3O3. The van der Waals surface area contributed by atoms with E-state index in [1.54, 1.807) is 6.07 Å². The molecule has 0 aliphatic carbocycles. The van der Waals surface area contributed by atoms with Crippen molar-refractivity contribution in [3.05, 3.63) is 36.5 Å². The average Bonchev–Trinajstić information content (AvgIpc) is 2.46. The number of aliphatic carboxylic acids is 1. The summed E-state index contributed by atoms with van der Waals surface area (Å²) >= 11 is 0. The predicted molar refractivity (Wildman–Crippen MR) is 80.2 cm³/mol. The summed E-state index contributed by atoms with van der Waals surface area (Å²) in [6.45, 7) is 1.86. The minimum absolute atomic E-state index is 0.388. The van der Waals surface area contributed by atoms with Gasteiger partial charge >= 0.3 is 12.0 Å². The van der Waals surface area contributed by atoms with Crippen molar-refractivity contribution in [2.24, 2.45) is 0 Å². The van der Waals surface area contributed by atoms with Crippen molar-refractivity contribution < 1.29 is 14.7 Å². The SMILES string of the molecule is CCC[C@H](NC(=O)Nc1cnc2ccccc2c1)C(=O)O. The zero-order valence-electron chi connectivity index (χ0n) is 11.7. The van der Waals surface area contributed by atoms with Gasteiger partial charge in [0.2, 0.25) is 0 Å². The molecule has 1 heterocycles. The molecule has 0 spiro atoms. The van der Waals surface area contributed by atoms with E-state index in [0.717, 1.165) is 10.9 Å². The number of pyridine rings is 1. The fourth-order valence-electron chi connectivity index (χ4n) is 2.01. The Labute approximate surface area is 122 Å². The zero-order valence-corrected chi connectivity index (χ0v) is 11.7. The number of urea groups is 1. The molecule has 0 aliphatic heterocycles. The molecule has 0 fully saturated rings. The first-order chi connectivity index (χ1) is 10.1. The maximum atomic E-state index is 11.8. The number of amides is 2. The average molecular weight is 287 g/mol. The van der Waals surface area contributed by atoms with Gasteiger partial charge in [-0.25, -0.2) is 9.59 Å². The van der Waals surface area contributed by atoms with Gasteiger partial charge in [0.05, 0.1) is 17.4 Å². The number of aromatic nitrogens is 1. The Hall–Kier alpha value is -2.63. The van der Waals surface area contributed by atoms with E-state index in [4.69, 9.17) is 5.11 Å². The number of carboxylic acid groups (broad SMARTS) is 1. The smallest absolute Gasteiger partial charge is 0.326 e. The van der Waals surface area contributed by atoms with Crippen molar-refractivity contribution in [3.8, 4) is 0 Å². The van der Waals surface area contributed by atoms with E-state index in [-0.39, 0.29) is 0 Å². The number of carbonyl (C=O) groups is 2. The first-order valence-corrected chi connectivity index (χ1v) is 6.75. The van der Waals surface area contributed by atoms with Gasteiger partial charge < -0.3 is 15.7 Å². The van der Waals surface area contributed by atoms with Crippen molar-refractivity contribution in [2.75, 3.05) is 5.32 Å². The van der Waals surface area contributed by atoms with E-state index in [2.05, 4.69) is 15.6 Å². The summed E-state index contributed by atoms with van der Waals surface area (Å²) in [6.07, 6.45) is 2.60. The monoisotopic (exact) mass is 287 g/mol. The van der Waals surface area contributed by atoms with Crippen LogP contribution in [0.25, 0.3) is 10.9 Å². The van der Waals surface area contributed by atoms with Gasteiger partial charge in [0.15, 0.2) is 0 Å². The Bertz CT molecular complexity index is 657. The molecule has 0 saturated carbocycles. The van der Waals surface area contributed by atoms with Crippen molar-refractivity contribution >= 4 is 28.6 Å². The van der Waals surface area contributed by atoms with Gasteiger partial charge in [-0.2, -0.15) is 0 Å². The molecule has 2 amide bonds. The summed E-state index contributed by atoms with van der Waals surface area (Å²) in [7, 11) is 0. The highest BCUT2D eigenvalue weighted by atomic mass is 16.4. The second kappa shape index (κ2) is 6.69. The van der Waals surface area contributed by atoms with Crippen LogP contribution in [0.1, 0.15) is 19.8 Å². The Morgan fingerprint density at radius 1 is 1.33 bits per heavy atom. The van der Waals surface area contributed by atoms with Crippen LogP contribution in [0.3, 0.4) is 0 Å². The first-order valence-electron chi connectivity index (χ1n) is 6.75. The standard InChI is InChI=1S/C15H17N3O3/c1-2-5-13(14(19)20)18-15(21)17-11-8-10-6-3-4-7-12(10)16-9-11/h3-4,6-9,13H,2,5H2,1H3,(H,19,20)(H2,17,18,21)/t13-/m0/s1. The normalized spacial score (nSPS) is 11.9. The minimum atomic E-state index is -1.04. The number of para-hydroxylation sites is 1. The lowest BCUT2D eigenvalue weighted by atomic mass is 10.2. The Balaban J connectivity index is 2.05. The van der Waals surface area contributed by atoms with Crippen molar-refractivity contribution in [3.63, 3.8) is 0 Å². The number of carbonyl (C=O) groups excluding carboxylic acids is 1. The van der Waals surface area contributed by atoms with E-state index in [0.29, 0.717) is 18.5 Å². The van der Waals surface area contributed by atoms with Crippen LogP contribution >= 0.6 is 0 Å². The van der Waals surface area contributed by atoms with Gasteiger partial charge in [-0.1, -0.05) is 31.5 Å². The third-order valence-electron chi connectivity index (χ3n) is 3.03. The fourth-order valence-corrected chi connectivity index (χ4v) is 2.01. The second-order valence-electron chi connectivity index (χ2n) is 4.69. The molecule has 6 nitrogen and oxygen atoms in total. The van der Waals surface area contributed by atoms with Crippen LogP contribution in [0.15, 0.2) is 36.5 Å². The molecule has 6 heteroatoms. The lowest BCUT2D eigenvalue weighted by molar-refractivity contribution is -0.139. The molecular weight excluding hydrogens is 270 g/mol. The molecule has 21 heavy (non-hydrogen) atoms. The summed E-state index contributed by atoms with van der Waals surface area (Å²) in [5.41, 5.74) is 1.35. The highest BCUT2D eigenvalue weighted by Gasteiger charge is 2.18. The molecule has 2 rings (SSSR count). The molecule has 0 bridgehead atoms. The van der Waals surface area contributed by atoms with Crippen LogP contribution in [0, 0.1) is 0 Å². The van der Waals surface area contributed by atoms with E-state index >= 15 is 0 Å². The molecule has 0 radical (unpaired) electrons. The quantitative estimate of drug-likeness (QED) is 0.788. The number of fused-ring (bicyclic) bond motifs is 1. The van der Waals surface area contributed by atoms with Crippen LogP contribution < -0.4 is 10.6 Å². The summed E-state index contributed by atoms with van der Waals surface area (Å²) < 4.78 is 0. The zero-order chi connectivity index (χ0) is 15.2. The number of carboxylic acids is 1. The van der Waals surface area contributed by atoms with E-state index in [9.17, 15) is 9.59 Å². The summed E-state index contributed by atoms with van der Waals surface area (Å²) in [4.78, 5) is 27.0. The maximum absolute atomic E-state index is 11.8. The van der Waals surface area contributed by atoms with E-state index in [1.807, 2.05) is 31.2 Å². The molecule has 1 aromatic heterocycles. The summed E-state index contributed by atoms with van der Waals surface area (Å²) in [5.74, 6) is -1.04. The number of rotatable bonds is 5. The lowest BCUT2D eigenvalue weighted by Crippen LogP contribution is -2.42. The van der Waals surface area contributed by atoms with Gasteiger partial charge in [-0.05, 0) is 18.6 Å². The van der Waals surface area contributed by atoms with Crippen LogP contribution in [0.4, 0.5) is 10.5 Å². The Kier molecular flexibility index (Phi) is 4.71. The van der Waals surface area contributed by atoms with Crippen molar-refractivity contribution in [1.29, 1.82) is 0 Å². The number of benzene rings is 1. The van der Waals surface area contributed by atoms with Crippen LogP contribution in [-0.2, 0) is 4.79 Å². The van der Waals surface area contributed by atoms with E-state index < -0.39 is 18.0 Å². The molecule has 0 saturated heterocycles. The number of nitrogens with zero attached hydrogens (tertiary/aromatic N) is 1.